The average Bonchev–Trinajstić information content (AvgIpc) is 2.79. The van der Waals surface area contributed by atoms with Crippen molar-refractivity contribution in [3.8, 4) is 11.5 Å². The Hall–Kier alpha value is -2.83. The summed E-state index contributed by atoms with van der Waals surface area (Å²) in [5, 5.41) is 5.09. The number of nitrogens with one attached hydrogen (secondary N) is 1. The van der Waals surface area contributed by atoms with Gasteiger partial charge < -0.3 is 20.1 Å². The van der Waals surface area contributed by atoms with Crippen LogP contribution >= 0.6 is 15.9 Å². The lowest BCUT2D eigenvalue weighted by molar-refractivity contribution is -0.708. The first-order valence-corrected chi connectivity index (χ1v) is 11.2. The molecular formula is C25H28BrN2O3+. The number of para-hydroxylation sites is 1. The Morgan fingerprint density at radius 1 is 1.00 bits per heavy atom. The van der Waals surface area contributed by atoms with E-state index in [1.807, 2.05) is 55.5 Å². The summed E-state index contributed by atoms with van der Waals surface area (Å²) in [7, 11) is 0. The van der Waals surface area contributed by atoms with Crippen LogP contribution in [0.25, 0.3) is 0 Å². The number of hydrogen-bond acceptors (Lipinski definition) is 3. The van der Waals surface area contributed by atoms with Crippen LogP contribution in [0.15, 0.2) is 77.3 Å². The summed E-state index contributed by atoms with van der Waals surface area (Å²) in [5.41, 5.74) is 3.13. The standard InChI is InChI=1S/C25H27BrN2O3/c1-3-30-23-14-20(16-27-18(2)19-10-6-4-7-11-19)22(26)15-24(23)31-17-25(29)28-21-12-8-5-9-13-21/h4-15,18,27H,3,16-17H2,1-2H3,(H,28,29)/p+1/t18-/m0/s1. The molecule has 0 aromatic heterocycles. The molecule has 5 nitrogen and oxygen atoms in total. The molecule has 0 aliphatic rings. The Morgan fingerprint density at radius 3 is 2.32 bits per heavy atom. The molecule has 0 aliphatic heterocycles. The van der Waals surface area contributed by atoms with Gasteiger partial charge in [0.05, 0.1) is 6.61 Å². The highest BCUT2D eigenvalue weighted by atomic mass is 79.9. The third-order valence-corrected chi connectivity index (χ3v) is 5.58. The second-order valence-electron chi connectivity index (χ2n) is 7.17. The van der Waals surface area contributed by atoms with Crippen molar-refractivity contribution in [3.05, 3.63) is 88.4 Å². The minimum Gasteiger partial charge on any atom is -0.490 e. The lowest BCUT2D eigenvalue weighted by Crippen LogP contribution is -2.83. The number of benzene rings is 3. The van der Waals surface area contributed by atoms with Crippen molar-refractivity contribution >= 4 is 27.5 Å². The summed E-state index contributed by atoms with van der Waals surface area (Å²) < 4.78 is 12.5. The van der Waals surface area contributed by atoms with Gasteiger partial charge in [-0.2, -0.15) is 0 Å². The molecule has 0 saturated carbocycles. The van der Waals surface area contributed by atoms with E-state index in [9.17, 15) is 4.79 Å². The number of rotatable bonds is 10. The SMILES string of the molecule is CCOc1cc(C[NH2+][C@@H](C)c2ccccc2)c(Br)cc1OCC(=O)Nc1ccccc1. The molecule has 0 unspecified atom stereocenters. The maximum Gasteiger partial charge on any atom is 0.262 e. The van der Waals surface area contributed by atoms with E-state index < -0.39 is 0 Å². The molecule has 3 N–H and O–H groups in total. The van der Waals surface area contributed by atoms with Crippen molar-refractivity contribution in [1.82, 2.24) is 0 Å². The molecule has 0 bridgehead atoms. The minimum absolute atomic E-state index is 0.0993. The van der Waals surface area contributed by atoms with Crippen LogP contribution in [0, 0.1) is 0 Å². The molecule has 6 heteroatoms. The van der Waals surface area contributed by atoms with Crippen LogP contribution < -0.4 is 20.1 Å². The van der Waals surface area contributed by atoms with Crippen LogP contribution in [-0.4, -0.2) is 19.1 Å². The van der Waals surface area contributed by atoms with E-state index in [0.717, 1.165) is 22.3 Å². The van der Waals surface area contributed by atoms with Crippen molar-refractivity contribution in [1.29, 1.82) is 0 Å². The number of nitrogens with two attached hydrogens (primary N) is 1. The van der Waals surface area contributed by atoms with Gasteiger partial charge in [-0.25, -0.2) is 0 Å². The summed E-state index contributed by atoms with van der Waals surface area (Å²) >= 11 is 3.64. The van der Waals surface area contributed by atoms with E-state index >= 15 is 0 Å². The van der Waals surface area contributed by atoms with Gasteiger partial charge in [0.2, 0.25) is 0 Å². The minimum atomic E-state index is -0.223. The molecule has 0 saturated heterocycles. The van der Waals surface area contributed by atoms with Crippen molar-refractivity contribution in [2.75, 3.05) is 18.5 Å². The number of quaternary nitrogens is 1. The highest BCUT2D eigenvalue weighted by Crippen LogP contribution is 2.33. The predicted octanol–water partition coefficient (Wildman–Crippen LogP) is 4.69. The van der Waals surface area contributed by atoms with Crippen LogP contribution in [0.4, 0.5) is 5.69 Å². The average molecular weight is 484 g/mol. The Morgan fingerprint density at radius 2 is 1.65 bits per heavy atom. The first-order valence-electron chi connectivity index (χ1n) is 10.4. The summed E-state index contributed by atoms with van der Waals surface area (Å²) in [6.07, 6.45) is 0. The molecule has 0 fully saturated rings. The number of amides is 1. The topological polar surface area (TPSA) is 64.2 Å². The zero-order valence-electron chi connectivity index (χ0n) is 17.8. The monoisotopic (exact) mass is 483 g/mol. The number of hydrogen-bond donors (Lipinski definition) is 2. The molecule has 31 heavy (non-hydrogen) atoms. The number of carbonyl (C=O) groups is 1. The Bertz CT molecular complexity index is 981. The van der Waals surface area contributed by atoms with E-state index in [-0.39, 0.29) is 12.5 Å². The van der Waals surface area contributed by atoms with E-state index in [0.29, 0.717) is 24.1 Å². The predicted molar refractivity (Wildman–Crippen MR) is 126 cm³/mol. The van der Waals surface area contributed by atoms with E-state index in [1.54, 1.807) is 0 Å². The molecule has 0 spiro atoms. The number of ether oxygens (including phenoxy) is 2. The van der Waals surface area contributed by atoms with Gasteiger partial charge in [0.15, 0.2) is 18.1 Å². The third-order valence-electron chi connectivity index (χ3n) is 4.85. The van der Waals surface area contributed by atoms with Crippen LogP contribution in [0.1, 0.15) is 31.0 Å². The second kappa shape index (κ2) is 11.5. The van der Waals surface area contributed by atoms with Crippen molar-refractivity contribution in [3.63, 3.8) is 0 Å². The van der Waals surface area contributed by atoms with Gasteiger partial charge >= 0.3 is 0 Å². The van der Waals surface area contributed by atoms with Gasteiger partial charge in [-0.3, -0.25) is 4.79 Å². The summed E-state index contributed by atoms with van der Waals surface area (Å²) in [5.74, 6) is 0.949. The van der Waals surface area contributed by atoms with Crippen LogP contribution in [0.3, 0.4) is 0 Å². The zero-order valence-corrected chi connectivity index (χ0v) is 19.4. The molecule has 162 valence electrons. The third kappa shape index (κ3) is 6.84. The van der Waals surface area contributed by atoms with Gasteiger partial charge in [0, 0.05) is 21.3 Å². The molecule has 0 aliphatic carbocycles. The fraction of sp³-hybridized carbons (Fsp3) is 0.240. The van der Waals surface area contributed by atoms with Gasteiger partial charge in [-0.1, -0.05) is 64.5 Å². The maximum absolute atomic E-state index is 12.2. The Balaban J connectivity index is 1.64. The molecule has 1 amide bonds. The summed E-state index contributed by atoms with van der Waals surface area (Å²) in [6, 6.07) is 23.9. The fourth-order valence-electron chi connectivity index (χ4n) is 3.17. The van der Waals surface area contributed by atoms with Crippen LogP contribution in [-0.2, 0) is 11.3 Å². The smallest absolute Gasteiger partial charge is 0.262 e. The maximum atomic E-state index is 12.2. The largest absolute Gasteiger partial charge is 0.490 e. The lowest BCUT2D eigenvalue weighted by Gasteiger charge is -2.16. The van der Waals surface area contributed by atoms with Crippen LogP contribution in [0.2, 0.25) is 0 Å². The van der Waals surface area contributed by atoms with Crippen molar-refractivity contribution in [2.45, 2.75) is 26.4 Å². The van der Waals surface area contributed by atoms with Crippen LogP contribution in [0.5, 0.6) is 11.5 Å². The van der Waals surface area contributed by atoms with Gasteiger partial charge in [-0.15, -0.1) is 0 Å². The van der Waals surface area contributed by atoms with Crippen molar-refractivity contribution in [2.24, 2.45) is 0 Å². The lowest BCUT2D eigenvalue weighted by atomic mass is 10.1. The fourth-order valence-corrected chi connectivity index (χ4v) is 3.66. The molecule has 3 aromatic carbocycles. The highest BCUT2D eigenvalue weighted by Gasteiger charge is 2.15. The highest BCUT2D eigenvalue weighted by molar-refractivity contribution is 9.10. The van der Waals surface area contributed by atoms with Gasteiger partial charge in [0.1, 0.15) is 12.6 Å². The number of halogens is 1. The molecule has 0 radical (unpaired) electrons. The van der Waals surface area contributed by atoms with E-state index in [2.05, 4.69) is 57.8 Å². The first kappa shape index (κ1) is 22.8. The Labute approximate surface area is 191 Å². The molecule has 3 rings (SSSR count). The first-order chi connectivity index (χ1) is 15.1. The molecule has 0 heterocycles. The van der Waals surface area contributed by atoms with E-state index in [4.69, 9.17) is 9.47 Å². The Kier molecular flexibility index (Phi) is 8.50. The molecule has 1 atom stereocenters. The van der Waals surface area contributed by atoms with Gasteiger partial charge in [0.25, 0.3) is 5.91 Å². The normalized spacial score (nSPS) is 11.6. The van der Waals surface area contributed by atoms with Crippen molar-refractivity contribution < 1.29 is 19.6 Å². The molecule has 3 aromatic rings. The number of anilines is 1. The quantitative estimate of drug-likeness (QED) is 0.439. The van der Waals surface area contributed by atoms with Gasteiger partial charge in [-0.05, 0) is 38.1 Å². The molecular weight excluding hydrogens is 456 g/mol. The zero-order chi connectivity index (χ0) is 22.1. The van der Waals surface area contributed by atoms with E-state index in [1.165, 1.54) is 5.56 Å². The second-order valence-corrected chi connectivity index (χ2v) is 8.02. The number of carbonyl (C=O) groups excluding carboxylic acids is 1. The summed E-state index contributed by atoms with van der Waals surface area (Å²) in [4.78, 5) is 12.2. The summed E-state index contributed by atoms with van der Waals surface area (Å²) in [6.45, 7) is 5.31.